The van der Waals surface area contributed by atoms with Gasteiger partial charge in [0.15, 0.2) is 11.5 Å². The molecule has 0 aromatic heterocycles. The molecule has 0 amide bonds. The number of hydrogen-bond acceptors (Lipinski definition) is 4. The Bertz CT molecular complexity index is 327. The van der Waals surface area contributed by atoms with E-state index in [1.165, 1.54) is 0 Å². The lowest BCUT2D eigenvalue weighted by Gasteiger charge is -2.10. The predicted octanol–water partition coefficient (Wildman–Crippen LogP) is 2.00. The highest BCUT2D eigenvalue weighted by atomic mass is 79.9. The minimum absolute atomic E-state index is 0.371. The average Bonchev–Trinajstić information content (AvgIpc) is 2.27. The van der Waals surface area contributed by atoms with Gasteiger partial charge in [0.05, 0.1) is 13.7 Å². The van der Waals surface area contributed by atoms with Gasteiger partial charge in [0.2, 0.25) is 0 Å². The highest BCUT2D eigenvalue weighted by Gasteiger charge is 2.06. The number of carbonyl (C=O) groups excluding carboxylic acids is 1. The summed E-state index contributed by atoms with van der Waals surface area (Å²) in [5.74, 6) is 1.58. The summed E-state index contributed by atoms with van der Waals surface area (Å²) in [5, 5.41) is 0.717. The van der Waals surface area contributed by atoms with Gasteiger partial charge in [-0.15, -0.1) is 0 Å². The second-order valence-electron chi connectivity index (χ2n) is 2.56. The Kier molecular flexibility index (Phi) is 4.97. The van der Waals surface area contributed by atoms with Crippen molar-refractivity contribution in [2.24, 2.45) is 0 Å². The number of hydrogen-bond donors (Lipinski definition) is 0. The van der Waals surface area contributed by atoms with Crippen molar-refractivity contribution in [2.75, 3.05) is 19.0 Å². The Morgan fingerprint density at radius 1 is 1.40 bits per heavy atom. The minimum Gasteiger partial charge on any atom is -0.493 e. The lowest BCUT2D eigenvalue weighted by molar-refractivity contribution is -0.120. The zero-order valence-corrected chi connectivity index (χ0v) is 9.82. The Morgan fingerprint density at radius 2 is 2.20 bits per heavy atom. The molecule has 0 aliphatic rings. The van der Waals surface area contributed by atoms with E-state index < -0.39 is 0 Å². The highest BCUT2D eigenvalue weighted by molar-refractivity contribution is 9.09. The third-order valence-corrected chi connectivity index (χ3v) is 1.98. The van der Waals surface area contributed by atoms with Crippen LogP contribution in [0.15, 0.2) is 18.2 Å². The first-order valence-corrected chi connectivity index (χ1v) is 5.41. The summed E-state index contributed by atoms with van der Waals surface area (Å²) < 4.78 is 15.2. The van der Waals surface area contributed by atoms with Crippen molar-refractivity contribution in [3.8, 4) is 17.2 Å². The predicted molar refractivity (Wildman–Crippen MR) is 59.0 cm³/mol. The summed E-state index contributed by atoms with van der Waals surface area (Å²) in [6, 6.07) is 4.92. The summed E-state index contributed by atoms with van der Waals surface area (Å²) in [6.07, 6.45) is 0. The van der Waals surface area contributed by atoms with Crippen molar-refractivity contribution in [2.45, 2.75) is 0 Å². The van der Waals surface area contributed by atoms with E-state index >= 15 is 0 Å². The molecule has 1 aromatic rings. The Balaban J connectivity index is 2.85. The number of benzene rings is 1. The molecule has 5 heteroatoms. The van der Waals surface area contributed by atoms with E-state index in [9.17, 15) is 4.79 Å². The van der Waals surface area contributed by atoms with Crippen LogP contribution in [-0.2, 0) is 4.79 Å². The van der Waals surface area contributed by atoms with Crippen LogP contribution in [-0.4, -0.2) is 25.5 Å². The van der Waals surface area contributed by atoms with Gasteiger partial charge in [-0.3, -0.25) is 4.79 Å². The molecule has 0 saturated carbocycles. The molecule has 1 rings (SSSR count). The molecular formula is C10H11BrO4. The topological polar surface area (TPSA) is 44.8 Å². The van der Waals surface area contributed by atoms with Crippen LogP contribution in [0.1, 0.15) is 0 Å². The van der Waals surface area contributed by atoms with Crippen molar-refractivity contribution in [3.05, 3.63) is 18.2 Å². The fourth-order valence-electron chi connectivity index (χ4n) is 1.05. The molecule has 15 heavy (non-hydrogen) atoms. The maximum absolute atomic E-state index is 10.2. The van der Waals surface area contributed by atoms with Crippen LogP contribution in [0.2, 0.25) is 0 Å². The summed E-state index contributed by atoms with van der Waals surface area (Å²) in [6.45, 7) is 0.886. The first-order valence-electron chi connectivity index (χ1n) is 4.29. The Morgan fingerprint density at radius 3 is 2.80 bits per heavy atom. The number of halogens is 1. The lowest BCUT2D eigenvalue weighted by Crippen LogP contribution is -2.00. The molecule has 0 spiro atoms. The molecule has 0 bridgehead atoms. The number of ether oxygens (including phenoxy) is 3. The number of carbonyl (C=O) groups is 1. The van der Waals surface area contributed by atoms with Crippen LogP contribution >= 0.6 is 15.9 Å². The van der Waals surface area contributed by atoms with Crippen LogP contribution in [0, 0.1) is 0 Å². The van der Waals surface area contributed by atoms with Gasteiger partial charge in [0, 0.05) is 11.4 Å². The van der Waals surface area contributed by atoms with E-state index in [1.807, 2.05) is 0 Å². The fourth-order valence-corrected chi connectivity index (χ4v) is 1.21. The standard InChI is InChI=1S/C10H11BrO4/c1-13-9-3-2-8(15-7-12)6-10(9)14-5-4-11/h2-3,6-7H,4-5H2,1H3. The van der Waals surface area contributed by atoms with E-state index in [2.05, 4.69) is 15.9 Å². The number of rotatable bonds is 6. The molecule has 82 valence electrons. The molecular weight excluding hydrogens is 264 g/mol. The van der Waals surface area contributed by atoms with Crippen LogP contribution in [0.25, 0.3) is 0 Å². The van der Waals surface area contributed by atoms with Gasteiger partial charge in [-0.2, -0.15) is 0 Å². The maximum atomic E-state index is 10.2. The first kappa shape index (κ1) is 11.8. The second kappa shape index (κ2) is 6.29. The Labute approximate surface area is 96.3 Å². The van der Waals surface area contributed by atoms with Gasteiger partial charge in [0.25, 0.3) is 6.47 Å². The quantitative estimate of drug-likeness (QED) is 0.588. The maximum Gasteiger partial charge on any atom is 0.298 e. The summed E-state index contributed by atoms with van der Waals surface area (Å²) in [4.78, 5) is 10.2. The fraction of sp³-hybridized carbons (Fsp3) is 0.300. The third kappa shape index (κ3) is 3.43. The zero-order valence-electron chi connectivity index (χ0n) is 8.23. The summed E-state index contributed by atoms with van der Waals surface area (Å²) in [5.41, 5.74) is 0. The minimum atomic E-state index is 0.371. The van der Waals surface area contributed by atoms with Crippen LogP contribution in [0.5, 0.6) is 17.2 Å². The monoisotopic (exact) mass is 274 g/mol. The zero-order chi connectivity index (χ0) is 11.1. The van der Waals surface area contributed by atoms with Gasteiger partial charge in [-0.1, -0.05) is 15.9 Å². The molecule has 0 atom stereocenters. The van der Waals surface area contributed by atoms with Crippen LogP contribution < -0.4 is 14.2 Å². The van der Waals surface area contributed by atoms with Gasteiger partial charge in [0.1, 0.15) is 5.75 Å². The van der Waals surface area contributed by atoms with E-state index in [4.69, 9.17) is 14.2 Å². The normalized spacial score (nSPS) is 9.47. The highest BCUT2D eigenvalue weighted by Crippen LogP contribution is 2.31. The van der Waals surface area contributed by atoms with E-state index in [0.29, 0.717) is 30.3 Å². The summed E-state index contributed by atoms with van der Waals surface area (Å²) in [7, 11) is 1.55. The van der Waals surface area contributed by atoms with Crippen molar-refractivity contribution in [1.29, 1.82) is 0 Å². The third-order valence-electron chi connectivity index (χ3n) is 1.65. The largest absolute Gasteiger partial charge is 0.493 e. The van der Waals surface area contributed by atoms with Crippen molar-refractivity contribution >= 4 is 22.4 Å². The van der Waals surface area contributed by atoms with Gasteiger partial charge in [-0.25, -0.2) is 0 Å². The molecule has 0 unspecified atom stereocenters. The lowest BCUT2D eigenvalue weighted by atomic mass is 10.3. The van der Waals surface area contributed by atoms with Crippen LogP contribution in [0.4, 0.5) is 0 Å². The second-order valence-corrected chi connectivity index (χ2v) is 3.36. The molecule has 4 nitrogen and oxygen atoms in total. The molecule has 0 radical (unpaired) electrons. The van der Waals surface area contributed by atoms with Gasteiger partial charge < -0.3 is 14.2 Å². The Hall–Kier alpha value is -1.23. The first-order chi connectivity index (χ1) is 7.31. The van der Waals surface area contributed by atoms with Crippen molar-refractivity contribution in [1.82, 2.24) is 0 Å². The van der Waals surface area contributed by atoms with Crippen molar-refractivity contribution < 1.29 is 19.0 Å². The van der Waals surface area contributed by atoms with Gasteiger partial charge in [-0.05, 0) is 12.1 Å². The smallest absolute Gasteiger partial charge is 0.298 e. The molecule has 0 aliphatic heterocycles. The van der Waals surface area contributed by atoms with E-state index in [0.717, 1.165) is 5.33 Å². The molecule has 0 saturated heterocycles. The van der Waals surface area contributed by atoms with Crippen molar-refractivity contribution in [3.63, 3.8) is 0 Å². The molecule has 0 aliphatic carbocycles. The van der Waals surface area contributed by atoms with Crippen LogP contribution in [0.3, 0.4) is 0 Å². The average molecular weight is 275 g/mol. The number of methoxy groups -OCH3 is 1. The SMILES string of the molecule is COc1ccc(OC=O)cc1OCCBr. The van der Waals surface area contributed by atoms with Gasteiger partial charge >= 0.3 is 0 Å². The van der Waals surface area contributed by atoms with E-state index in [-0.39, 0.29) is 0 Å². The molecule has 0 heterocycles. The molecule has 0 N–H and O–H groups in total. The van der Waals surface area contributed by atoms with E-state index in [1.54, 1.807) is 25.3 Å². The molecule has 0 fully saturated rings. The summed E-state index contributed by atoms with van der Waals surface area (Å²) >= 11 is 3.25. The molecule has 1 aromatic carbocycles. The number of alkyl halides is 1.